The lowest BCUT2D eigenvalue weighted by molar-refractivity contribution is -0.138. The minimum absolute atomic E-state index is 0.0450. The molecule has 1 aliphatic rings. The molecule has 0 bridgehead atoms. The lowest BCUT2D eigenvalue weighted by atomic mass is 9.83. The van der Waals surface area contributed by atoms with E-state index in [1.807, 2.05) is 45.0 Å². The van der Waals surface area contributed by atoms with Gasteiger partial charge < -0.3 is 14.8 Å². The van der Waals surface area contributed by atoms with Gasteiger partial charge in [0.05, 0.1) is 35.5 Å². The maximum Gasteiger partial charge on any atom is 0.336 e. The maximum absolute atomic E-state index is 12.7. The number of carbonyl (C=O) groups is 1. The fourth-order valence-corrected chi connectivity index (χ4v) is 3.11. The summed E-state index contributed by atoms with van der Waals surface area (Å²) in [6.45, 7) is 7.86. The van der Waals surface area contributed by atoms with Crippen LogP contribution in [-0.4, -0.2) is 28.6 Å². The molecule has 2 aromatic heterocycles. The lowest BCUT2D eigenvalue weighted by Gasteiger charge is -2.30. The van der Waals surface area contributed by atoms with Crippen LogP contribution in [0.3, 0.4) is 0 Å². The summed E-state index contributed by atoms with van der Waals surface area (Å²) in [6, 6.07) is 7.53. The van der Waals surface area contributed by atoms with Crippen LogP contribution in [0, 0.1) is 0 Å². The molecule has 1 atom stereocenters. The maximum atomic E-state index is 12.7. The monoisotopic (exact) mass is 353 g/mol. The topological polar surface area (TPSA) is 73.3 Å². The molecular weight excluding hydrogens is 330 g/mol. The first-order valence-corrected chi connectivity index (χ1v) is 8.74. The number of carbonyl (C=O) groups excluding carboxylic acids is 1. The molecule has 136 valence electrons. The van der Waals surface area contributed by atoms with Gasteiger partial charge in [0.15, 0.2) is 0 Å². The Morgan fingerprint density at radius 1 is 1.23 bits per heavy atom. The number of esters is 1. The summed E-state index contributed by atoms with van der Waals surface area (Å²) in [5, 5.41) is 3.29. The van der Waals surface area contributed by atoms with Crippen LogP contribution in [0.2, 0.25) is 0 Å². The van der Waals surface area contributed by atoms with Crippen molar-refractivity contribution in [2.75, 3.05) is 11.9 Å². The van der Waals surface area contributed by atoms with Gasteiger partial charge in [-0.25, -0.2) is 9.78 Å². The van der Waals surface area contributed by atoms with E-state index < -0.39 is 5.92 Å². The van der Waals surface area contributed by atoms with Crippen molar-refractivity contribution in [1.82, 2.24) is 9.97 Å². The molecule has 0 fully saturated rings. The molecular formula is C20H23N3O3. The van der Waals surface area contributed by atoms with E-state index in [2.05, 4.69) is 15.3 Å². The largest absolute Gasteiger partial charge is 0.475 e. The van der Waals surface area contributed by atoms with Gasteiger partial charge in [-0.1, -0.05) is 6.07 Å². The second-order valence-electron chi connectivity index (χ2n) is 6.32. The highest BCUT2D eigenvalue weighted by Crippen LogP contribution is 2.45. The van der Waals surface area contributed by atoms with Crippen molar-refractivity contribution in [1.29, 1.82) is 0 Å². The first-order chi connectivity index (χ1) is 12.5. The quantitative estimate of drug-likeness (QED) is 0.827. The summed E-state index contributed by atoms with van der Waals surface area (Å²) >= 11 is 0. The predicted octanol–water partition coefficient (Wildman–Crippen LogP) is 3.66. The number of nitrogens with zero attached hydrogens (tertiary/aromatic N) is 2. The molecule has 0 saturated heterocycles. The highest BCUT2D eigenvalue weighted by Gasteiger charge is 2.37. The molecule has 0 saturated carbocycles. The molecule has 3 heterocycles. The Bertz CT molecular complexity index is 831. The molecule has 6 heteroatoms. The molecule has 1 N–H and O–H groups in total. The van der Waals surface area contributed by atoms with E-state index in [1.54, 1.807) is 19.3 Å². The summed E-state index contributed by atoms with van der Waals surface area (Å²) in [5.41, 5.74) is 3.68. The van der Waals surface area contributed by atoms with Crippen LogP contribution in [0.15, 0.2) is 47.9 Å². The number of allylic oxidation sites excluding steroid dienone is 1. The summed E-state index contributed by atoms with van der Waals surface area (Å²) in [6.07, 6.45) is 3.37. The van der Waals surface area contributed by atoms with Crippen LogP contribution in [0.1, 0.15) is 44.9 Å². The van der Waals surface area contributed by atoms with E-state index in [1.165, 1.54) is 0 Å². The average Bonchev–Trinajstić information content (AvgIpc) is 2.61. The number of ether oxygens (including phenoxy) is 2. The SMILES string of the molecule is CCOC(=O)C1=C(C)Nc2ccnc(OC(C)C)c2C1c1ccccn1. The Labute approximate surface area is 153 Å². The number of fused-ring (bicyclic) bond motifs is 1. The molecule has 6 nitrogen and oxygen atoms in total. The highest BCUT2D eigenvalue weighted by molar-refractivity contribution is 5.94. The fraction of sp³-hybridized carbons (Fsp3) is 0.350. The fourth-order valence-electron chi connectivity index (χ4n) is 3.11. The van der Waals surface area contributed by atoms with Gasteiger partial charge >= 0.3 is 5.97 Å². The molecule has 0 aliphatic carbocycles. The predicted molar refractivity (Wildman–Crippen MR) is 99.0 cm³/mol. The van der Waals surface area contributed by atoms with Crippen LogP contribution < -0.4 is 10.1 Å². The Kier molecular flexibility index (Phi) is 5.21. The van der Waals surface area contributed by atoms with Gasteiger partial charge in [0.1, 0.15) is 0 Å². The smallest absolute Gasteiger partial charge is 0.336 e. The van der Waals surface area contributed by atoms with E-state index in [9.17, 15) is 4.79 Å². The first kappa shape index (κ1) is 17.9. The second-order valence-corrected chi connectivity index (χ2v) is 6.32. The van der Waals surface area contributed by atoms with E-state index in [0.29, 0.717) is 18.1 Å². The van der Waals surface area contributed by atoms with Gasteiger partial charge in [-0.15, -0.1) is 0 Å². The zero-order valence-corrected chi connectivity index (χ0v) is 15.4. The summed E-state index contributed by atoms with van der Waals surface area (Å²) in [5.74, 6) is -0.276. The van der Waals surface area contributed by atoms with E-state index in [0.717, 1.165) is 22.6 Å². The third-order valence-electron chi connectivity index (χ3n) is 4.08. The van der Waals surface area contributed by atoms with Crippen molar-refractivity contribution >= 4 is 11.7 Å². The lowest BCUT2D eigenvalue weighted by Crippen LogP contribution is -2.26. The van der Waals surface area contributed by atoms with Gasteiger partial charge in [-0.2, -0.15) is 0 Å². The summed E-state index contributed by atoms with van der Waals surface area (Å²) in [4.78, 5) is 21.6. The molecule has 26 heavy (non-hydrogen) atoms. The zero-order chi connectivity index (χ0) is 18.7. The van der Waals surface area contributed by atoms with Gasteiger partial charge in [-0.3, -0.25) is 4.98 Å². The van der Waals surface area contributed by atoms with E-state index >= 15 is 0 Å². The molecule has 3 rings (SSSR count). The molecule has 0 amide bonds. The van der Waals surface area contributed by atoms with Crippen molar-refractivity contribution in [2.45, 2.75) is 39.7 Å². The van der Waals surface area contributed by atoms with Crippen molar-refractivity contribution in [2.24, 2.45) is 0 Å². The zero-order valence-electron chi connectivity index (χ0n) is 15.4. The Balaban J connectivity index is 2.22. The first-order valence-electron chi connectivity index (χ1n) is 8.74. The van der Waals surface area contributed by atoms with Gasteiger partial charge in [0.2, 0.25) is 5.88 Å². The van der Waals surface area contributed by atoms with Crippen molar-refractivity contribution in [3.05, 3.63) is 59.2 Å². The Hall–Kier alpha value is -2.89. The molecule has 0 aromatic carbocycles. The van der Waals surface area contributed by atoms with E-state index in [-0.39, 0.29) is 12.1 Å². The number of anilines is 1. The minimum atomic E-state index is -0.408. The second kappa shape index (κ2) is 7.56. The van der Waals surface area contributed by atoms with Gasteiger partial charge in [0.25, 0.3) is 0 Å². The molecule has 2 aromatic rings. The summed E-state index contributed by atoms with van der Waals surface area (Å²) < 4.78 is 11.2. The van der Waals surface area contributed by atoms with Crippen LogP contribution in [0.4, 0.5) is 5.69 Å². The van der Waals surface area contributed by atoms with Crippen molar-refractivity contribution in [3.63, 3.8) is 0 Å². The minimum Gasteiger partial charge on any atom is -0.475 e. The number of rotatable bonds is 5. The van der Waals surface area contributed by atoms with Crippen molar-refractivity contribution < 1.29 is 14.3 Å². The Morgan fingerprint density at radius 2 is 2.04 bits per heavy atom. The van der Waals surface area contributed by atoms with Crippen LogP contribution in [-0.2, 0) is 9.53 Å². The van der Waals surface area contributed by atoms with Crippen LogP contribution in [0.5, 0.6) is 5.88 Å². The van der Waals surface area contributed by atoms with Gasteiger partial charge in [-0.05, 0) is 45.9 Å². The number of aromatic nitrogens is 2. The third kappa shape index (κ3) is 3.40. The molecule has 0 radical (unpaired) electrons. The normalized spacial score (nSPS) is 16.1. The van der Waals surface area contributed by atoms with Gasteiger partial charge in [0, 0.05) is 23.8 Å². The standard InChI is InChI=1S/C20H23N3O3/c1-5-25-20(24)16-13(4)23-15-9-11-22-19(26-12(2)3)18(15)17(16)14-8-6-7-10-21-14/h6-12,17,23H,5H2,1-4H3. The number of nitrogens with one attached hydrogen (secondary N) is 1. The average molecular weight is 353 g/mol. The molecule has 1 unspecified atom stereocenters. The Morgan fingerprint density at radius 3 is 2.69 bits per heavy atom. The number of hydrogen-bond donors (Lipinski definition) is 1. The highest BCUT2D eigenvalue weighted by atomic mass is 16.5. The third-order valence-corrected chi connectivity index (χ3v) is 4.08. The van der Waals surface area contributed by atoms with E-state index in [4.69, 9.17) is 9.47 Å². The van der Waals surface area contributed by atoms with Crippen LogP contribution >= 0.6 is 0 Å². The molecule has 1 aliphatic heterocycles. The molecule has 0 spiro atoms. The number of pyridine rings is 2. The summed E-state index contributed by atoms with van der Waals surface area (Å²) in [7, 11) is 0. The number of hydrogen-bond acceptors (Lipinski definition) is 6. The van der Waals surface area contributed by atoms with Crippen LogP contribution in [0.25, 0.3) is 0 Å². The van der Waals surface area contributed by atoms with Crippen molar-refractivity contribution in [3.8, 4) is 5.88 Å².